The number of fused-ring (bicyclic) bond motifs is 1. The zero-order chi connectivity index (χ0) is 18.7. The number of sulfone groups is 1. The molecule has 1 aliphatic rings. The zero-order valence-corrected chi connectivity index (χ0v) is 15.7. The maximum Gasteiger partial charge on any atom is 0.319 e. The Balaban J connectivity index is 1.70. The third-order valence-electron chi connectivity index (χ3n) is 4.15. The molecule has 1 aliphatic heterocycles. The number of hydrogen-bond donors (Lipinski definition) is 3. The molecular formula is C19H23N3O3S. The molecule has 0 fully saturated rings. The molecule has 0 bridgehead atoms. The van der Waals surface area contributed by atoms with Crippen molar-refractivity contribution >= 4 is 21.6 Å². The van der Waals surface area contributed by atoms with E-state index in [2.05, 4.69) is 16.0 Å². The average Bonchev–Trinajstić information content (AvgIpc) is 3.01. The van der Waals surface area contributed by atoms with Crippen molar-refractivity contribution in [3.63, 3.8) is 0 Å². The summed E-state index contributed by atoms with van der Waals surface area (Å²) in [6.45, 7) is 5.35. The summed E-state index contributed by atoms with van der Waals surface area (Å²) >= 11 is 0. The van der Waals surface area contributed by atoms with E-state index >= 15 is 0 Å². The molecule has 0 atom stereocenters. The van der Waals surface area contributed by atoms with Crippen LogP contribution in [0.3, 0.4) is 0 Å². The van der Waals surface area contributed by atoms with Gasteiger partial charge in [-0.25, -0.2) is 13.2 Å². The monoisotopic (exact) mass is 373 g/mol. The maximum atomic E-state index is 12.7. The Bertz CT molecular complexity index is 906. The lowest BCUT2D eigenvalue weighted by atomic mass is 10.1. The lowest BCUT2D eigenvalue weighted by Crippen LogP contribution is -2.34. The van der Waals surface area contributed by atoms with Crippen LogP contribution in [0.2, 0.25) is 0 Å². The molecule has 0 saturated heterocycles. The third-order valence-corrected chi connectivity index (χ3v) is 5.85. The Morgan fingerprint density at radius 2 is 1.77 bits per heavy atom. The number of urea groups is 1. The predicted octanol–water partition coefficient (Wildman–Crippen LogP) is 2.79. The van der Waals surface area contributed by atoms with E-state index in [1.807, 2.05) is 32.0 Å². The molecule has 2 amide bonds. The molecule has 0 unspecified atom stereocenters. The molecule has 3 rings (SSSR count). The highest BCUT2D eigenvalue weighted by Gasteiger charge is 2.18. The summed E-state index contributed by atoms with van der Waals surface area (Å²) in [6.07, 6.45) is 0. The molecule has 0 aromatic heterocycles. The minimum Gasteiger partial charge on any atom is -0.336 e. The fraction of sp³-hybridized carbons (Fsp3) is 0.316. The zero-order valence-electron chi connectivity index (χ0n) is 14.9. The third kappa shape index (κ3) is 4.42. The highest BCUT2D eigenvalue weighted by Crippen LogP contribution is 2.22. The number of carbonyl (C=O) groups is 1. The van der Waals surface area contributed by atoms with Crippen LogP contribution in [0.15, 0.2) is 47.4 Å². The van der Waals surface area contributed by atoms with E-state index in [4.69, 9.17) is 0 Å². The quantitative estimate of drug-likeness (QED) is 0.752. The molecule has 0 aliphatic carbocycles. The Hall–Kier alpha value is -2.38. The number of nitrogens with one attached hydrogen (secondary N) is 3. The van der Waals surface area contributed by atoms with Crippen LogP contribution in [0, 0.1) is 0 Å². The van der Waals surface area contributed by atoms with Crippen LogP contribution in [0.5, 0.6) is 0 Å². The molecule has 1 heterocycles. The minimum absolute atomic E-state index is 0.0252. The van der Waals surface area contributed by atoms with Crippen molar-refractivity contribution in [2.75, 3.05) is 5.32 Å². The van der Waals surface area contributed by atoms with Crippen molar-refractivity contribution in [2.45, 2.75) is 43.6 Å². The lowest BCUT2D eigenvalue weighted by molar-refractivity contribution is 0.250. The summed E-state index contributed by atoms with van der Waals surface area (Å²) in [6, 6.07) is 11.8. The topological polar surface area (TPSA) is 87.3 Å². The smallest absolute Gasteiger partial charge is 0.319 e. The van der Waals surface area contributed by atoms with Gasteiger partial charge in [0.1, 0.15) is 0 Å². The van der Waals surface area contributed by atoms with Crippen LogP contribution in [-0.2, 0) is 28.7 Å². The first-order chi connectivity index (χ1) is 12.3. The standard InChI is InChI=1S/C19H23N3O3S/c1-13(2)21-19(23)22-17-5-7-18(8-6-17)26(24,25)12-14-3-4-15-10-20-11-16(15)9-14/h3-9,13,20H,10-12H2,1-2H3,(H2,21,22,23). The highest BCUT2D eigenvalue weighted by atomic mass is 32.2. The molecule has 26 heavy (non-hydrogen) atoms. The van der Waals surface area contributed by atoms with E-state index in [0.717, 1.165) is 24.2 Å². The van der Waals surface area contributed by atoms with Crippen molar-refractivity contribution in [3.8, 4) is 0 Å². The van der Waals surface area contributed by atoms with Gasteiger partial charge >= 0.3 is 6.03 Å². The number of hydrogen-bond acceptors (Lipinski definition) is 4. The van der Waals surface area contributed by atoms with Crippen LogP contribution in [0.25, 0.3) is 0 Å². The second-order valence-electron chi connectivity index (χ2n) is 6.74. The molecule has 7 heteroatoms. The highest BCUT2D eigenvalue weighted by molar-refractivity contribution is 7.90. The first kappa shape index (κ1) is 18.4. The summed E-state index contributed by atoms with van der Waals surface area (Å²) in [5, 5.41) is 8.65. The molecule has 2 aromatic rings. The van der Waals surface area contributed by atoms with Crippen LogP contribution in [0.4, 0.5) is 10.5 Å². The van der Waals surface area contributed by atoms with Gasteiger partial charge in [0.15, 0.2) is 9.84 Å². The van der Waals surface area contributed by atoms with E-state index in [-0.39, 0.29) is 22.7 Å². The second-order valence-corrected chi connectivity index (χ2v) is 8.73. The Kier molecular flexibility index (Phi) is 5.29. The first-order valence-electron chi connectivity index (χ1n) is 8.55. The first-order valence-corrected chi connectivity index (χ1v) is 10.2. The second kappa shape index (κ2) is 7.47. The molecule has 0 spiro atoms. The molecule has 2 aromatic carbocycles. The van der Waals surface area contributed by atoms with Crippen molar-refractivity contribution in [1.29, 1.82) is 0 Å². The van der Waals surface area contributed by atoms with Gasteiger partial charge in [-0.1, -0.05) is 18.2 Å². The Labute approximate surface area is 153 Å². The normalized spacial score (nSPS) is 13.5. The molecular weight excluding hydrogens is 350 g/mol. The fourth-order valence-corrected chi connectivity index (χ4v) is 4.25. The largest absolute Gasteiger partial charge is 0.336 e. The molecule has 6 nitrogen and oxygen atoms in total. The van der Waals surface area contributed by atoms with Gasteiger partial charge in [0.2, 0.25) is 0 Å². The van der Waals surface area contributed by atoms with Gasteiger partial charge in [-0.05, 0) is 54.8 Å². The minimum atomic E-state index is -3.44. The Morgan fingerprint density at radius 3 is 2.46 bits per heavy atom. The van der Waals surface area contributed by atoms with E-state index in [9.17, 15) is 13.2 Å². The fourth-order valence-electron chi connectivity index (χ4n) is 2.92. The van der Waals surface area contributed by atoms with Gasteiger partial charge < -0.3 is 16.0 Å². The molecule has 0 radical (unpaired) electrons. The van der Waals surface area contributed by atoms with Gasteiger partial charge in [-0.2, -0.15) is 0 Å². The van der Waals surface area contributed by atoms with Gasteiger partial charge in [-0.3, -0.25) is 0 Å². The van der Waals surface area contributed by atoms with Crippen molar-refractivity contribution < 1.29 is 13.2 Å². The van der Waals surface area contributed by atoms with Crippen molar-refractivity contribution in [2.24, 2.45) is 0 Å². The number of amides is 2. The van der Waals surface area contributed by atoms with E-state index in [0.29, 0.717) is 5.69 Å². The van der Waals surface area contributed by atoms with E-state index in [1.165, 1.54) is 17.7 Å². The van der Waals surface area contributed by atoms with Crippen LogP contribution >= 0.6 is 0 Å². The molecule has 138 valence electrons. The SMILES string of the molecule is CC(C)NC(=O)Nc1ccc(S(=O)(=O)Cc2ccc3c(c2)CNC3)cc1. The van der Waals surface area contributed by atoms with Crippen LogP contribution < -0.4 is 16.0 Å². The summed E-state index contributed by atoms with van der Waals surface area (Å²) in [5.41, 5.74) is 3.71. The van der Waals surface area contributed by atoms with Crippen molar-refractivity contribution in [3.05, 3.63) is 59.2 Å². The Morgan fingerprint density at radius 1 is 1.08 bits per heavy atom. The number of carbonyl (C=O) groups excluding carboxylic acids is 1. The van der Waals surface area contributed by atoms with Gasteiger partial charge in [-0.15, -0.1) is 0 Å². The number of anilines is 1. The number of benzene rings is 2. The van der Waals surface area contributed by atoms with Crippen LogP contribution in [0.1, 0.15) is 30.5 Å². The van der Waals surface area contributed by atoms with Gasteiger partial charge in [0.05, 0.1) is 10.6 Å². The van der Waals surface area contributed by atoms with Gasteiger partial charge in [0.25, 0.3) is 0 Å². The lowest BCUT2D eigenvalue weighted by Gasteiger charge is -2.11. The van der Waals surface area contributed by atoms with Crippen molar-refractivity contribution in [1.82, 2.24) is 10.6 Å². The summed E-state index contributed by atoms with van der Waals surface area (Å²) in [7, 11) is -3.44. The van der Waals surface area contributed by atoms with Gasteiger partial charge in [0, 0.05) is 24.8 Å². The maximum absolute atomic E-state index is 12.7. The summed E-state index contributed by atoms with van der Waals surface area (Å²) < 4.78 is 25.3. The average molecular weight is 373 g/mol. The van der Waals surface area contributed by atoms with E-state index in [1.54, 1.807) is 12.1 Å². The summed E-state index contributed by atoms with van der Waals surface area (Å²) in [5.74, 6) is -0.0408. The summed E-state index contributed by atoms with van der Waals surface area (Å²) in [4.78, 5) is 11.9. The molecule has 0 saturated carbocycles. The van der Waals surface area contributed by atoms with E-state index < -0.39 is 9.84 Å². The molecule has 3 N–H and O–H groups in total. The predicted molar refractivity (Wildman–Crippen MR) is 102 cm³/mol. The number of rotatable bonds is 5. The van der Waals surface area contributed by atoms with Crippen LogP contribution in [-0.4, -0.2) is 20.5 Å².